The van der Waals surface area contributed by atoms with E-state index >= 15 is 0 Å². The number of hydrogen-bond acceptors (Lipinski definition) is 4. The third kappa shape index (κ3) is 2.64. The molecule has 0 aromatic heterocycles. The Labute approximate surface area is 126 Å². The lowest BCUT2D eigenvalue weighted by Gasteiger charge is -2.22. The Kier molecular flexibility index (Phi) is 4.04. The molecule has 21 heavy (non-hydrogen) atoms. The number of hydrazine groups is 1. The van der Waals surface area contributed by atoms with Crippen LogP contribution in [0.3, 0.4) is 0 Å². The van der Waals surface area contributed by atoms with E-state index in [-0.39, 0.29) is 5.88 Å². The molecule has 1 aromatic rings. The van der Waals surface area contributed by atoms with Crippen molar-refractivity contribution in [2.24, 2.45) is 0 Å². The first-order valence-electron chi connectivity index (χ1n) is 6.09. The van der Waals surface area contributed by atoms with E-state index in [0.29, 0.717) is 16.3 Å². The predicted octanol–water partition coefficient (Wildman–Crippen LogP) is 0.732. The Morgan fingerprint density at radius 3 is 2.81 bits per heavy atom. The Morgan fingerprint density at radius 1 is 1.48 bits per heavy atom. The maximum absolute atomic E-state index is 12.4. The van der Waals surface area contributed by atoms with E-state index in [9.17, 15) is 14.4 Å². The first kappa shape index (κ1) is 15.1. The SMILES string of the molecule is COc1cccc([C@]2(C)NC(=O)N(NC(=O)CCl)C2=O)c1. The monoisotopic (exact) mass is 311 g/mol. The molecule has 0 unspecified atom stereocenters. The molecule has 1 atom stereocenters. The molecule has 1 saturated heterocycles. The van der Waals surface area contributed by atoms with Crippen LogP contribution in [-0.4, -0.2) is 35.8 Å². The summed E-state index contributed by atoms with van der Waals surface area (Å²) in [4.78, 5) is 35.6. The molecular weight excluding hydrogens is 298 g/mol. The van der Waals surface area contributed by atoms with Crippen molar-refractivity contribution in [3.05, 3.63) is 29.8 Å². The summed E-state index contributed by atoms with van der Waals surface area (Å²) < 4.78 is 5.11. The number of nitrogens with zero attached hydrogens (tertiary/aromatic N) is 1. The van der Waals surface area contributed by atoms with Gasteiger partial charge >= 0.3 is 6.03 Å². The van der Waals surface area contributed by atoms with Crippen molar-refractivity contribution in [2.45, 2.75) is 12.5 Å². The second-order valence-corrected chi connectivity index (χ2v) is 4.86. The number of carbonyl (C=O) groups is 3. The molecule has 112 valence electrons. The van der Waals surface area contributed by atoms with Gasteiger partial charge in [-0.05, 0) is 24.6 Å². The lowest BCUT2D eigenvalue weighted by Crippen LogP contribution is -2.48. The van der Waals surface area contributed by atoms with Crippen LogP contribution in [0.2, 0.25) is 0 Å². The molecule has 1 aromatic carbocycles. The number of ether oxygens (including phenoxy) is 1. The van der Waals surface area contributed by atoms with Gasteiger partial charge in [0.05, 0.1) is 7.11 Å². The van der Waals surface area contributed by atoms with E-state index in [2.05, 4.69) is 10.7 Å². The van der Waals surface area contributed by atoms with E-state index in [4.69, 9.17) is 16.3 Å². The fraction of sp³-hybridized carbons (Fsp3) is 0.308. The third-order valence-corrected chi connectivity index (χ3v) is 3.44. The van der Waals surface area contributed by atoms with Gasteiger partial charge in [0, 0.05) is 0 Å². The fourth-order valence-electron chi connectivity index (χ4n) is 2.02. The molecule has 0 saturated carbocycles. The summed E-state index contributed by atoms with van der Waals surface area (Å²) in [6.07, 6.45) is 0. The minimum absolute atomic E-state index is 0.354. The molecule has 8 heteroatoms. The van der Waals surface area contributed by atoms with E-state index < -0.39 is 23.4 Å². The van der Waals surface area contributed by atoms with Gasteiger partial charge in [0.15, 0.2) is 0 Å². The van der Waals surface area contributed by atoms with Gasteiger partial charge < -0.3 is 10.1 Å². The van der Waals surface area contributed by atoms with Gasteiger partial charge in [0.25, 0.3) is 11.8 Å². The molecule has 0 radical (unpaired) electrons. The smallest absolute Gasteiger partial charge is 0.344 e. The Bertz CT molecular complexity index is 607. The quantitative estimate of drug-likeness (QED) is 0.634. The van der Waals surface area contributed by atoms with Gasteiger partial charge in [0.2, 0.25) is 0 Å². The largest absolute Gasteiger partial charge is 0.497 e. The van der Waals surface area contributed by atoms with Crippen LogP contribution in [0.1, 0.15) is 12.5 Å². The summed E-state index contributed by atoms with van der Waals surface area (Å²) in [5, 5.41) is 3.18. The number of amides is 4. The molecule has 4 amide bonds. The maximum Gasteiger partial charge on any atom is 0.344 e. The van der Waals surface area contributed by atoms with Crippen LogP contribution in [-0.2, 0) is 15.1 Å². The highest BCUT2D eigenvalue weighted by molar-refractivity contribution is 6.27. The normalized spacial score (nSPS) is 21.2. The Morgan fingerprint density at radius 2 is 2.19 bits per heavy atom. The molecule has 0 aliphatic carbocycles. The lowest BCUT2D eigenvalue weighted by molar-refractivity contribution is -0.138. The van der Waals surface area contributed by atoms with E-state index in [0.717, 1.165) is 0 Å². The number of urea groups is 1. The Hall–Kier alpha value is -2.28. The number of rotatable bonds is 4. The van der Waals surface area contributed by atoms with Gasteiger partial charge in [-0.1, -0.05) is 12.1 Å². The second kappa shape index (κ2) is 5.61. The highest BCUT2D eigenvalue weighted by Crippen LogP contribution is 2.30. The van der Waals surface area contributed by atoms with Crippen molar-refractivity contribution in [2.75, 3.05) is 13.0 Å². The zero-order valence-electron chi connectivity index (χ0n) is 11.5. The van der Waals surface area contributed by atoms with Gasteiger partial charge in [-0.15, -0.1) is 11.6 Å². The van der Waals surface area contributed by atoms with Crippen LogP contribution >= 0.6 is 11.6 Å². The van der Waals surface area contributed by atoms with Gasteiger partial charge in [-0.25, -0.2) is 4.79 Å². The number of hydrogen-bond donors (Lipinski definition) is 2. The standard InChI is InChI=1S/C13H14ClN3O4/c1-13(8-4-3-5-9(6-8)21-2)11(19)17(12(20)15-13)16-10(18)7-14/h3-6H,7H2,1-2H3,(H,15,20)(H,16,18)/t13-/m0/s1. The first-order valence-corrected chi connectivity index (χ1v) is 6.62. The van der Waals surface area contributed by atoms with E-state index in [1.54, 1.807) is 31.2 Å². The van der Waals surface area contributed by atoms with Crippen molar-refractivity contribution in [1.29, 1.82) is 0 Å². The lowest BCUT2D eigenvalue weighted by atomic mass is 9.92. The van der Waals surface area contributed by atoms with Crippen LogP contribution < -0.4 is 15.5 Å². The van der Waals surface area contributed by atoms with Gasteiger partial charge in [-0.2, -0.15) is 5.01 Å². The fourth-order valence-corrected chi connectivity index (χ4v) is 2.08. The minimum atomic E-state index is -1.29. The molecule has 0 bridgehead atoms. The van der Waals surface area contributed by atoms with Crippen LogP contribution in [0.25, 0.3) is 0 Å². The number of carbonyl (C=O) groups excluding carboxylic acids is 3. The van der Waals surface area contributed by atoms with Crippen LogP contribution in [0, 0.1) is 0 Å². The number of alkyl halides is 1. The molecule has 2 N–H and O–H groups in total. The predicted molar refractivity (Wildman–Crippen MR) is 74.6 cm³/mol. The van der Waals surface area contributed by atoms with Crippen LogP contribution in [0.4, 0.5) is 4.79 Å². The second-order valence-electron chi connectivity index (χ2n) is 4.60. The summed E-state index contributed by atoms with van der Waals surface area (Å²) >= 11 is 5.36. The zero-order valence-corrected chi connectivity index (χ0v) is 12.2. The van der Waals surface area contributed by atoms with Crippen molar-refractivity contribution < 1.29 is 19.1 Å². The maximum atomic E-state index is 12.4. The van der Waals surface area contributed by atoms with E-state index in [1.165, 1.54) is 7.11 Å². The van der Waals surface area contributed by atoms with E-state index in [1.807, 2.05) is 0 Å². The minimum Gasteiger partial charge on any atom is -0.497 e. The van der Waals surface area contributed by atoms with Gasteiger partial charge in [0.1, 0.15) is 17.2 Å². The number of imide groups is 1. The molecule has 2 rings (SSSR count). The number of halogens is 1. The van der Waals surface area contributed by atoms with Crippen LogP contribution in [0.15, 0.2) is 24.3 Å². The molecule has 1 fully saturated rings. The molecule has 7 nitrogen and oxygen atoms in total. The molecule has 1 heterocycles. The average Bonchev–Trinajstić information content (AvgIpc) is 2.71. The summed E-state index contributed by atoms with van der Waals surface area (Å²) in [5.41, 5.74) is 1.41. The summed E-state index contributed by atoms with van der Waals surface area (Å²) in [6, 6.07) is 6.04. The van der Waals surface area contributed by atoms with Crippen molar-refractivity contribution >= 4 is 29.4 Å². The molecule has 1 aliphatic heterocycles. The molecule has 0 spiro atoms. The summed E-state index contributed by atoms with van der Waals surface area (Å²) in [6.45, 7) is 1.55. The van der Waals surface area contributed by atoms with Crippen molar-refractivity contribution in [1.82, 2.24) is 15.8 Å². The third-order valence-electron chi connectivity index (χ3n) is 3.20. The van der Waals surface area contributed by atoms with Gasteiger partial charge in [-0.3, -0.25) is 15.0 Å². The molecule has 1 aliphatic rings. The van der Waals surface area contributed by atoms with Crippen molar-refractivity contribution in [3.8, 4) is 5.75 Å². The number of nitrogens with one attached hydrogen (secondary N) is 2. The average molecular weight is 312 g/mol. The number of benzene rings is 1. The Balaban J connectivity index is 2.33. The first-order chi connectivity index (χ1) is 9.92. The number of methoxy groups -OCH3 is 1. The molecular formula is C13H14ClN3O4. The van der Waals surface area contributed by atoms with Crippen molar-refractivity contribution in [3.63, 3.8) is 0 Å². The summed E-state index contributed by atoms with van der Waals surface area (Å²) in [5.74, 6) is -1.04. The highest BCUT2D eigenvalue weighted by Gasteiger charge is 2.50. The summed E-state index contributed by atoms with van der Waals surface area (Å²) in [7, 11) is 1.50. The van der Waals surface area contributed by atoms with Crippen LogP contribution in [0.5, 0.6) is 5.75 Å². The topological polar surface area (TPSA) is 87.7 Å². The zero-order chi connectivity index (χ0) is 15.6. The highest BCUT2D eigenvalue weighted by atomic mass is 35.5.